The van der Waals surface area contributed by atoms with Gasteiger partial charge in [0.25, 0.3) is 5.91 Å². The number of nitrogens with one attached hydrogen (secondary N) is 1. The third-order valence-electron chi connectivity index (χ3n) is 7.72. The van der Waals surface area contributed by atoms with Gasteiger partial charge in [-0.2, -0.15) is 0 Å². The van der Waals surface area contributed by atoms with Crippen molar-refractivity contribution >= 4 is 16.9 Å². The minimum Gasteiger partial charge on any atom is -0.507 e. The number of benzene rings is 2. The number of carbonyl (C=O) groups is 1. The standard InChI is InChI=1S/C30H33N5O4/c1-38-29-23(6-4-11-31-29)20-8-10-27(36)24(17-20)28-32-25-9-7-21(18-26(25)33-28)30(37)35-12-3-2-5-22(35)19-34-13-15-39-16-14-34/h4,6-11,17-18,22,36H,2-3,5,12-16,19H2,1H3,(H,32,33). The molecule has 2 aliphatic heterocycles. The maximum Gasteiger partial charge on any atom is 0.254 e. The Morgan fingerprint density at radius 1 is 1.10 bits per heavy atom. The summed E-state index contributed by atoms with van der Waals surface area (Å²) in [6.45, 7) is 5.02. The van der Waals surface area contributed by atoms with Gasteiger partial charge in [0.1, 0.15) is 11.6 Å². The Labute approximate surface area is 227 Å². The first-order valence-electron chi connectivity index (χ1n) is 13.5. The number of amides is 1. The summed E-state index contributed by atoms with van der Waals surface area (Å²) in [5.74, 6) is 1.19. The molecule has 202 valence electrons. The average Bonchev–Trinajstić information content (AvgIpc) is 3.41. The van der Waals surface area contributed by atoms with E-state index in [0.717, 1.165) is 75.3 Å². The molecule has 6 rings (SSSR count). The van der Waals surface area contributed by atoms with Crippen LogP contribution in [-0.2, 0) is 4.74 Å². The molecular weight excluding hydrogens is 494 g/mol. The second kappa shape index (κ2) is 11.0. The van der Waals surface area contributed by atoms with E-state index in [-0.39, 0.29) is 17.7 Å². The molecule has 9 nitrogen and oxygen atoms in total. The van der Waals surface area contributed by atoms with Crippen molar-refractivity contribution in [3.05, 3.63) is 60.3 Å². The highest BCUT2D eigenvalue weighted by Gasteiger charge is 2.29. The Morgan fingerprint density at radius 2 is 1.97 bits per heavy atom. The molecule has 0 saturated carbocycles. The quantitative estimate of drug-likeness (QED) is 0.385. The smallest absolute Gasteiger partial charge is 0.254 e. The molecule has 4 aromatic rings. The zero-order chi connectivity index (χ0) is 26.8. The van der Waals surface area contributed by atoms with Crippen LogP contribution in [0.5, 0.6) is 11.6 Å². The van der Waals surface area contributed by atoms with Crippen molar-refractivity contribution in [3.63, 3.8) is 0 Å². The molecule has 2 N–H and O–H groups in total. The topological polar surface area (TPSA) is 104 Å². The molecule has 39 heavy (non-hydrogen) atoms. The zero-order valence-corrected chi connectivity index (χ0v) is 22.1. The lowest BCUT2D eigenvalue weighted by Gasteiger charge is -2.39. The third-order valence-corrected chi connectivity index (χ3v) is 7.72. The van der Waals surface area contributed by atoms with Crippen LogP contribution in [0.25, 0.3) is 33.5 Å². The summed E-state index contributed by atoms with van der Waals surface area (Å²) in [5.41, 5.74) is 4.34. The van der Waals surface area contributed by atoms with E-state index in [1.54, 1.807) is 19.4 Å². The number of piperidine rings is 1. The Bertz CT molecular complexity index is 1480. The monoisotopic (exact) mass is 527 g/mol. The van der Waals surface area contributed by atoms with Crippen LogP contribution in [0, 0.1) is 0 Å². The van der Waals surface area contributed by atoms with Gasteiger partial charge < -0.3 is 24.5 Å². The van der Waals surface area contributed by atoms with Gasteiger partial charge in [-0.05, 0) is 67.3 Å². The lowest BCUT2D eigenvalue weighted by molar-refractivity contribution is 0.0166. The molecule has 1 atom stereocenters. The van der Waals surface area contributed by atoms with Crippen LogP contribution >= 0.6 is 0 Å². The van der Waals surface area contributed by atoms with Gasteiger partial charge in [-0.3, -0.25) is 9.69 Å². The van der Waals surface area contributed by atoms with Gasteiger partial charge in [-0.1, -0.05) is 6.07 Å². The zero-order valence-electron chi connectivity index (χ0n) is 22.1. The van der Waals surface area contributed by atoms with Gasteiger partial charge in [0.05, 0.1) is 36.9 Å². The number of hydrogen-bond donors (Lipinski definition) is 2. The summed E-state index contributed by atoms with van der Waals surface area (Å²) in [7, 11) is 1.58. The first-order valence-corrected chi connectivity index (χ1v) is 13.5. The Balaban J connectivity index is 1.27. The van der Waals surface area contributed by atoms with Crippen molar-refractivity contribution in [2.45, 2.75) is 25.3 Å². The second-order valence-corrected chi connectivity index (χ2v) is 10.2. The predicted octanol–water partition coefficient (Wildman–Crippen LogP) is 4.33. The summed E-state index contributed by atoms with van der Waals surface area (Å²) < 4.78 is 10.9. The van der Waals surface area contributed by atoms with Crippen molar-refractivity contribution in [1.82, 2.24) is 24.8 Å². The van der Waals surface area contributed by atoms with Crippen molar-refractivity contribution in [3.8, 4) is 34.1 Å². The number of aromatic nitrogens is 3. The van der Waals surface area contributed by atoms with E-state index < -0.39 is 0 Å². The number of methoxy groups -OCH3 is 1. The van der Waals surface area contributed by atoms with Crippen molar-refractivity contribution in [2.75, 3.05) is 46.5 Å². The number of aromatic amines is 1. The summed E-state index contributed by atoms with van der Waals surface area (Å²) in [6.07, 6.45) is 4.87. The van der Waals surface area contributed by atoms with Gasteiger partial charge >= 0.3 is 0 Å². The van der Waals surface area contributed by atoms with E-state index in [0.29, 0.717) is 28.3 Å². The van der Waals surface area contributed by atoms with E-state index in [2.05, 4.69) is 14.9 Å². The van der Waals surface area contributed by atoms with Crippen molar-refractivity contribution < 1.29 is 19.4 Å². The minimum absolute atomic E-state index is 0.0490. The molecule has 2 aliphatic rings. The van der Waals surface area contributed by atoms with Crippen molar-refractivity contribution in [2.24, 2.45) is 0 Å². The first-order chi connectivity index (χ1) is 19.1. The van der Waals surface area contributed by atoms with Crippen LogP contribution in [-0.4, -0.2) is 88.3 Å². The van der Waals surface area contributed by atoms with E-state index >= 15 is 0 Å². The molecule has 2 fully saturated rings. The Kier molecular flexibility index (Phi) is 7.17. The van der Waals surface area contributed by atoms with Crippen LogP contribution in [0.4, 0.5) is 0 Å². The van der Waals surface area contributed by atoms with Crippen LogP contribution in [0.1, 0.15) is 29.6 Å². The second-order valence-electron chi connectivity index (χ2n) is 10.2. The molecule has 0 bridgehead atoms. The molecule has 9 heteroatoms. The number of hydrogen-bond acceptors (Lipinski definition) is 7. The van der Waals surface area contributed by atoms with Gasteiger partial charge in [0.15, 0.2) is 0 Å². The highest BCUT2D eigenvalue weighted by Crippen LogP contribution is 2.36. The molecule has 2 aromatic carbocycles. The number of phenolic OH excluding ortho intramolecular Hbond substituents is 1. The number of fused-ring (bicyclic) bond motifs is 1. The molecule has 1 unspecified atom stereocenters. The number of H-pyrrole nitrogens is 1. The molecule has 4 heterocycles. The van der Waals surface area contributed by atoms with Gasteiger partial charge in [0, 0.05) is 49.5 Å². The number of phenols is 1. The number of carbonyl (C=O) groups excluding carboxylic acids is 1. The Morgan fingerprint density at radius 3 is 2.82 bits per heavy atom. The average molecular weight is 528 g/mol. The number of nitrogens with zero attached hydrogens (tertiary/aromatic N) is 4. The highest BCUT2D eigenvalue weighted by molar-refractivity contribution is 5.98. The van der Waals surface area contributed by atoms with Crippen molar-refractivity contribution in [1.29, 1.82) is 0 Å². The third kappa shape index (κ3) is 5.20. The number of likely N-dealkylation sites (tertiary alicyclic amines) is 1. The normalized spacial score (nSPS) is 18.4. The number of ether oxygens (including phenoxy) is 2. The Hall–Kier alpha value is -3.95. The molecule has 2 saturated heterocycles. The summed E-state index contributed by atoms with van der Waals surface area (Å²) in [6, 6.07) is 14.9. The van der Waals surface area contributed by atoms with E-state index in [9.17, 15) is 9.90 Å². The lowest BCUT2D eigenvalue weighted by Crippen LogP contribution is -2.51. The minimum atomic E-state index is 0.0490. The summed E-state index contributed by atoms with van der Waals surface area (Å²) in [4.78, 5) is 30.5. The fraction of sp³-hybridized carbons (Fsp3) is 0.367. The summed E-state index contributed by atoms with van der Waals surface area (Å²) in [5, 5.41) is 10.7. The summed E-state index contributed by atoms with van der Waals surface area (Å²) >= 11 is 0. The van der Waals surface area contributed by atoms with Gasteiger partial charge in [-0.15, -0.1) is 0 Å². The number of rotatable bonds is 6. The fourth-order valence-electron chi connectivity index (χ4n) is 5.64. The SMILES string of the molecule is COc1ncccc1-c1ccc(O)c(-c2nc3cc(C(=O)N4CCCCC4CN4CCOCC4)ccc3[nH]2)c1. The highest BCUT2D eigenvalue weighted by atomic mass is 16.5. The first kappa shape index (κ1) is 25.3. The molecular formula is C30H33N5O4. The maximum atomic E-state index is 13.7. The van der Waals surface area contributed by atoms with E-state index in [4.69, 9.17) is 14.5 Å². The number of aromatic hydroxyl groups is 1. The molecule has 0 aliphatic carbocycles. The fourth-order valence-corrected chi connectivity index (χ4v) is 5.64. The van der Waals surface area contributed by atoms with Crippen LogP contribution < -0.4 is 4.74 Å². The number of pyridine rings is 1. The number of morpholine rings is 1. The molecule has 2 aromatic heterocycles. The van der Waals surface area contributed by atoms with Crippen LogP contribution in [0.2, 0.25) is 0 Å². The molecule has 0 radical (unpaired) electrons. The largest absolute Gasteiger partial charge is 0.507 e. The lowest BCUT2D eigenvalue weighted by atomic mass is 10.00. The van der Waals surface area contributed by atoms with Gasteiger partial charge in [0.2, 0.25) is 5.88 Å². The number of imidazole rings is 1. The molecule has 0 spiro atoms. The molecule has 1 amide bonds. The predicted molar refractivity (Wildman–Crippen MR) is 149 cm³/mol. The van der Waals surface area contributed by atoms with Crippen LogP contribution in [0.15, 0.2) is 54.7 Å². The van der Waals surface area contributed by atoms with E-state index in [1.165, 1.54) is 0 Å². The van der Waals surface area contributed by atoms with Crippen LogP contribution in [0.3, 0.4) is 0 Å². The maximum absolute atomic E-state index is 13.7. The van der Waals surface area contributed by atoms with Gasteiger partial charge in [-0.25, -0.2) is 9.97 Å². The van der Waals surface area contributed by atoms with E-state index in [1.807, 2.05) is 47.4 Å².